The molecule has 0 saturated carbocycles. The van der Waals surface area contributed by atoms with Gasteiger partial charge in [-0.15, -0.1) is 0 Å². The third kappa shape index (κ3) is 4.55. The molecule has 1 saturated heterocycles. The fourth-order valence-electron chi connectivity index (χ4n) is 2.77. The molecule has 0 spiro atoms. The first-order chi connectivity index (χ1) is 12.1. The van der Waals surface area contributed by atoms with Crippen LogP contribution >= 0.6 is 11.3 Å². The largest absolute Gasteiger partial charge is 0.351 e. The number of carbonyl (C=O) groups excluding carboxylic acids is 2. The van der Waals surface area contributed by atoms with Crippen LogP contribution in [0.15, 0.2) is 30.3 Å². The smallest absolute Gasteiger partial charge is 0.317 e. The average molecular weight is 359 g/mol. The van der Waals surface area contributed by atoms with E-state index in [4.69, 9.17) is 5.73 Å². The highest BCUT2D eigenvalue weighted by Crippen LogP contribution is 2.32. The van der Waals surface area contributed by atoms with Crippen LogP contribution in [0.5, 0.6) is 0 Å². The number of nitrogens with two attached hydrogens (primary N) is 1. The normalized spacial score (nSPS) is 17.5. The van der Waals surface area contributed by atoms with E-state index in [1.165, 1.54) is 11.3 Å². The zero-order chi connectivity index (χ0) is 17.6. The first kappa shape index (κ1) is 17.4. The lowest BCUT2D eigenvalue weighted by atomic mass is 10.1. The summed E-state index contributed by atoms with van der Waals surface area (Å²) in [4.78, 5) is 28.4. The number of aromatic nitrogens is 1. The average Bonchev–Trinajstić information content (AvgIpc) is 2.84. The molecule has 1 aromatic carbocycles. The maximum absolute atomic E-state index is 12.7. The number of hydrogen-bond acceptors (Lipinski definition) is 5. The molecule has 1 atom stereocenters. The number of rotatable bonds is 4. The predicted octanol–water partition coefficient (Wildman–Crippen LogP) is 2.17. The molecular weight excluding hydrogens is 338 g/mol. The Morgan fingerprint density at radius 1 is 1.24 bits per heavy atom. The van der Waals surface area contributed by atoms with E-state index in [1.54, 1.807) is 0 Å². The van der Waals surface area contributed by atoms with Gasteiger partial charge in [-0.25, -0.2) is 9.78 Å². The van der Waals surface area contributed by atoms with Gasteiger partial charge in [-0.1, -0.05) is 48.1 Å². The Kier molecular flexibility index (Phi) is 5.62. The van der Waals surface area contributed by atoms with Crippen LogP contribution in [0.4, 0.5) is 9.80 Å². The van der Waals surface area contributed by atoms with Crippen LogP contribution in [0.2, 0.25) is 0 Å². The van der Waals surface area contributed by atoms with Gasteiger partial charge in [0.15, 0.2) is 5.69 Å². The van der Waals surface area contributed by atoms with Gasteiger partial charge in [0, 0.05) is 18.2 Å². The Balaban J connectivity index is 1.83. The van der Waals surface area contributed by atoms with E-state index in [1.807, 2.05) is 30.3 Å². The molecule has 2 aromatic rings. The predicted molar refractivity (Wildman–Crippen MR) is 98.7 cm³/mol. The molecule has 25 heavy (non-hydrogen) atoms. The number of nitrogens with one attached hydrogen (secondary N) is 3. The molecule has 1 fully saturated rings. The number of thiazole rings is 1. The van der Waals surface area contributed by atoms with Crippen molar-refractivity contribution < 1.29 is 9.59 Å². The van der Waals surface area contributed by atoms with E-state index in [0.717, 1.165) is 37.9 Å². The molecule has 0 radical (unpaired) electrons. The van der Waals surface area contributed by atoms with Gasteiger partial charge in [0.25, 0.3) is 5.91 Å². The molecule has 3 rings (SSSR count). The van der Waals surface area contributed by atoms with E-state index < -0.39 is 6.03 Å². The van der Waals surface area contributed by atoms with Gasteiger partial charge < -0.3 is 16.4 Å². The van der Waals surface area contributed by atoms with Gasteiger partial charge in [-0.05, 0) is 19.4 Å². The summed E-state index contributed by atoms with van der Waals surface area (Å²) in [6.07, 6.45) is 3.10. The maximum atomic E-state index is 12.7. The molecule has 1 aliphatic heterocycles. The molecule has 0 aliphatic carbocycles. The number of carbonyl (C=O) groups is 2. The van der Waals surface area contributed by atoms with Crippen molar-refractivity contribution in [2.75, 3.05) is 18.4 Å². The van der Waals surface area contributed by atoms with Crippen molar-refractivity contribution >= 4 is 28.3 Å². The van der Waals surface area contributed by atoms with Crippen molar-refractivity contribution in [2.24, 2.45) is 5.73 Å². The van der Waals surface area contributed by atoms with E-state index in [2.05, 4.69) is 20.9 Å². The number of urea groups is 1. The molecule has 8 heteroatoms. The van der Waals surface area contributed by atoms with Crippen LogP contribution in [-0.4, -0.2) is 36.1 Å². The Morgan fingerprint density at radius 2 is 2.04 bits per heavy atom. The number of anilines is 1. The summed E-state index contributed by atoms with van der Waals surface area (Å²) in [5.74, 6) is -0.295. The SMILES string of the molecule is NC(=O)Nc1sc(-c2ccccc2)nc1C(=O)N[C@H]1CCCCNC1. The highest BCUT2D eigenvalue weighted by molar-refractivity contribution is 7.19. The lowest BCUT2D eigenvalue weighted by molar-refractivity contribution is 0.0932. The van der Waals surface area contributed by atoms with E-state index in [9.17, 15) is 9.59 Å². The van der Waals surface area contributed by atoms with Gasteiger partial charge in [-0.2, -0.15) is 0 Å². The minimum Gasteiger partial charge on any atom is -0.351 e. The molecule has 1 aromatic heterocycles. The van der Waals surface area contributed by atoms with Crippen LogP contribution in [0.1, 0.15) is 29.8 Å². The Hall–Kier alpha value is -2.45. The van der Waals surface area contributed by atoms with Crippen molar-refractivity contribution in [3.63, 3.8) is 0 Å². The molecule has 7 nitrogen and oxygen atoms in total. The van der Waals surface area contributed by atoms with Crippen LogP contribution in [-0.2, 0) is 0 Å². The molecule has 1 aliphatic rings. The standard InChI is InChI=1S/C17H21N5O2S/c18-17(24)22-16-13(14(23)20-12-8-4-5-9-19-10-12)21-15(25-16)11-6-2-1-3-7-11/h1-3,6-7,12,19H,4-5,8-10H2,(H,20,23)(H3,18,22,24)/t12-/m0/s1. The third-order valence-electron chi connectivity index (χ3n) is 3.98. The number of benzene rings is 1. The van der Waals surface area contributed by atoms with Crippen molar-refractivity contribution in [3.05, 3.63) is 36.0 Å². The number of amides is 3. The van der Waals surface area contributed by atoms with Gasteiger partial charge in [0.2, 0.25) is 0 Å². The molecule has 0 unspecified atom stereocenters. The highest BCUT2D eigenvalue weighted by Gasteiger charge is 2.23. The molecule has 2 heterocycles. The van der Waals surface area contributed by atoms with Crippen molar-refractivity contribution in [2.45, 2.75) is 25.3 Å². The second-order valence-corrected chi connectivity index (χ2v) is 6.92. The van der Waals surface area contributed by atoms with Gasteiger partial charge in [-0.3, -0.25) is 10.1 Å². The topological polar surface area (TPSA) is 109 Å². The fraction of sp³-hybridized carbons (Fsp3) is 0.353. The molecule has 0 bridgehead atoms. The highest BCUT2D eigenvalue weighted by atomic mass is 32.1. The lowest BCUT2D eigenvalue weighted by Gasteiger charge is -2.15. The summed E-state index contributed by atoms with van der Waals surface area (Å²) in [5.41, 5.74) is 6.32. The van der Waals surface area contributed by atoms with E-state index >= 15 is 0 Å². The molecule has 132 valence electrons. The maximum Gasteiger partial charge on any atom is 0.317 e. The zero-order valence-electron chi connectivity index (χ0n) is 13.7. The summed E-state index contributed by atoms with van der Waals surface area (Å²) in [5, 5.41) is 9.85. The summed E-state index contributed by atoms with van der Waals surface area (Å²) >= 11 is 1.24. The second kappa shape index (κ2) is 8.09. The first-order valence-electron chi connectivity index (χ1n) is 8.28. The zero-order valence-corrected chi connectivity index (χ0v) is 14.6. The Labute approximate surface area is 150 Å². The van der Waals surface area contributed by atoms with Crippen molar-refractivity contribution in [3.8, 4) is 10.6 Å². The van der Waals surface area contributed by atoms with Crippen LogP contribution in [0.3, 0.4) is 0 Å². The summed E-state index contributed by atoms with van der Waals surface area (Å²) in [7, 11) is 0. The minimum atomic E-state index is -0.714. The summed E-state index contributed by atoms with van der Waals surface area (Å²) in [6, 6.07) is 8.86. The number of hydrogen-bond donors (Lipinski definition) is 4. The first-order valence-corrected chi connectivity index (χ1v) is 9.09. The summed E-state index contributed by atoms with van der Waals surface area (Å²) < 4.78 is 0. The van der Waals surface area contributed by atoms with Gasteiger partial charge in [0.1, 0.15) is 10.0 Å². The number of primary amides is 1. The van der Waals surface area contributed by atoms with Crippen LogP contribution < -0.4 is 21.7 Å². The quantitative estimate of drug-likeness (QED) is 0.671. The minimum absolute atomic E-state index is 0.0540. The second-order valence-electron chi connectivity index (χ2n) is 5.92. The van der Waals surface area contributed by atoms with E-state index in [0.29, 0.717) is 10.0 Å². The molecular formula is C17H21N5O2S. The summed E-state index contributed by atoms with van der Waals surface area (Å²) in [6.45, 7) is 1.70. The van der Waals surface area contributed by atoms with Crippen molar-refractivity contribution in [1.82, 2.24) is 15.6 Å². The van der Waals surface area contributed by atoms with Crippen LogP contribution in [0, 0.1) is 0 Å². The molecule has 3 amide bonds. The van der Waals surface area contributed by atoms with E-state index in [-0.39, 0.29) is 17.6 Å². The third-order valence-corrected chi connectivity index (χ3v) is 5.00. The Morgan fingerprint density at radius 3 is 2.80 bits per heavy atom. The van der Waals surface area contributed by atoms with Crippen LogP contribution in [0.25, 0.3) is 10.6 Å². The van der Waals surface area contributed by atoms with Gasteiger partial charge >= 0.3 is 6.03 Å². The van der Waals surface area contributed by atoms with Gasteiger partial charge in [0.05, 0.1) is 0 Å². The van der Waals surface area contributed by atoms with Crippen molar-refractivity contribution in [1.29, 1.82) is 0 Å². The lowest BCUT2D eigenvalue weighted by Crippen LogP contribution is -2.41. The molecule has 5 N–H and O–H groups in total. The monoisotopic (exact) mass is 359 g/mol. The number of nitrogens with zero attached hydrogens (tertiary/aromatic N) is 1. The Bertz CT molecular complexity index is 739. The fourth-order valence-corrected chi connectivity index (χ4v) is 3.74.